The molecule has 0 aromatic heterocycles. The van der Waals surface area contributed by atoms with Gasteiger partial charge in [0.1, 0.15) is 0 Å². The summed E-state index contributed by atoms with van der Waals surface area (Å²) in [4.78, 5) is -0.708. The Bertz CT molecular complexity index is 558. The second-order valence-electron chi connectivity index (χ2n) is 4.18. The van der Waals surface area contributed by atoms with Gasteiger partial charge in [-0.1, -0.05) is 22.9 Å². The molecule has 0 fully saturated rings. The molecule has 19 heavy (non-hydrogen) atoms. The van der Waals surface area contributed by atoms with Gasteiger partial charge < -0.3 is 0 Å². The van der Waals surface area contributed by atoms with E-state index >= 15 is 0 Å². The van der Waals surface area contributed by atoms with E-state index in [0.717, 1.165) is 12.1 Å². The molecular weight excluding hydrogens is 369 g/mol. The predicted octanol–water partition coefficient (Wildman–Crippen LogP) is 4.12. The molecule has 0 saturated heterocycles. The molecule has 1 rings (SSSR count). The van der Waals surface area contributed by atoms with Crippen molar-refractivity contribution in [2.45, 2.75) is 18.0 Å². The molecule has 0 heterocycles. The van der Waals surface area contributed by atoms with E-state index in [1.807, 2.05) is 0 Å². The summed E-state index contributed by atoms with van der Waals surface area (Å²) in [7, 11) is -4.03. The van der Waals surface area contributed by atoms with Gasteiger partial charge in [0.05, 0.1) is 16.2 Å². The minimum absolute atomic E-state index is 0.0666. The number of benzene rings is 1. The van der Waals surface area contributed by atoms with E-state index < -0.39 is 38.1 Å². The van der Waals surface area contributed by atoms with E-state index in [9.17, 15) is 21.6 Å². The van der Waals surface area contributed by atoms with Crippen molar-refractivity contribution in [3.05, 3.63) is 28.2 Å². The van der Waals surface area contributed by atoms with Crippen molar-refractivity contribution in [1.29, 1.82) is 0 Å². The lowest BCUT2D eigenvalue weighted by Crippen LogP contribution is -2.19. The lowest BCUT2D eigenvalue weighted by molar-refractivity contribution is -0.139. The van der Waals surface area contributed by atoms with Crippen LogP contribution >= 0.6 is 27.5 Å². The SMILES string of the molecule is CC(CCl)CS(=O)(=O)c1ccc(Br)cc1C(F)(F)F. The first-order valence-corrected chi connectivity index (χ1v) is 8.21. The highest BCUT2D eigenvalue weighted by atomic mass is 79.9. The summed E-state index contributed by atoms with van der Waals surface area (Å²) in [6, 6.07) is 2.99. The number of halogens is 5. The molecule has 0 N–H and O–H groups in total. The van der Waals surface area contributed by atoms with Crippen molar-refractivity contribution in [2.75, 3.05) is 11.6 Å². The minimum atomic E-state index is -4.73. The van der Waals surface area contributed by atoms with Crippen molar-refractivity contribution in [3.8, 4) is 0 Å². The summed E-state index contributed by atoms with van der Waals surface area (Å²) in [5, 5.41) is 0. The quantitative estimate of drug-likeness (QED) is 0.738. The van der Waals surface area contributed by atoms with Crippen molar-refractivity contribution < 1.29 is 21.6 Å². The number of rotatable bonds is 4. The number of alkyl halides is 4. The van der Waals surface area contributed by atoms with Crippen LogP contribution in [0.5, 0.6) is 0 Å². The number of hydrogen-bond acceptors (Lipinski definition) is 2. The Morgan fingerprint density at radius 1 is 1.37 bits per heavy atom. The van der Waals surface area contributed by atoms with Crippen LogP contribution in [0.25, 0.3) is 0 Å². The third kappa shape index (κ3) is 4.36. The lowest BCUT2D eigenvalue weighted by Gasteiger charge is -2.15. The third-order valence-corrected chi connectivity index (χ3v) is 5.40. The second kappa shape index (κ2) is 6.01. The molecular formula is C11H11BrClF3O2S. The van der Waals surface area contributed by atoms with Gasteiger partial charge in [-0.25, -0.2) is 8.42 Å². The first-order chi connectivity index (χ1) is 8.58. The number of sulfone groups is 1. The molecule has 1 aromatic rings. The van der Waals surface area contributed by atoms with Crippen LogP contribution in [0.4, 0.5) is 13.2 Å². The molecule has 0 aliphatic carbocycles. The minimum Gasteiger partial charge on any atom is -0.224 e. The standard InChI is InChI=1S/C11H11BrClF3O2S/c1-7(5-13)6-19(17,18)10-3-2-8(12)4-9(10)11(14,15)16/h2-4,7H,5-6H2,1H3. The van der Waals surface area contributed by atoms with E-state index in [2.05, 4.69) is 15.9 Å². The van der Waals surface area contributed by atoms with Crippen LogP contribution in [0.2, 0.25) is 0 Å². The maximum Gasteiger partial charge on any atom is 0.417 e. The first-order valence-electron chi connectivity index (χ1n) is 5.23. The molecule has 0 bridgehead atoms. The summed E-state index contributed by atoms with van der Waals surface area (Å²) in [6.07, 6.45) is -4.73. The van der Waals surface area contributed by atoms with Crippen molar-refractivity contribution in [2.24, 2.45) is 5.92 Å². The summed E-state index contributed by atoms with van der Waals surface area (Å²) in [6.45, 7) is 1.57. The highest BCUT2D eigenvalue weighted by molar-refractivity contribution is 9.10. The summed E-state index contributed by atoms with van der Waals surface area (Å²) >= 11 is 8.41. The highest BCUT2D eigenvalue weighted by Gasteiger charge is 2.37. The van der Waals surface area contributed by atoms with Crippen molar-refractivity contribution in [1.82, 2.24) is 0 Å². The van der Waals surface area contributed by atoms with E-state index in [0.29, 0.717) is 0 Å². The average Bonchev–Trinajstić information content (AvgIpc) is 2.26. The van der Waals surface area contributed by atoms with Gasteiger partial charge in [0.2, 0.25) is 0 Å². The van der Waals surface area contributed by atoms with Gasteiger partial charge in [-0.2, -0.15) is 13.2 Å². The fraction of sp³-hybridized carbons (Fsp3) is 0.455. The Morgan fingerprint density at radius 2 is 1.95 bits per heavy atom. The monoisotopic (exact) mass is 378 g/mol. The zero-order chi connectivity index (χ0) is 14.8. The third-order valence-electron chi connectivity index (χ3n) is 2.35. The van der Waals surface area contributed by atoms with Crippen LogP contribution in [0.3, 0.4) is 0 Å². The molecule has 1 aromatic carbocycles. The van der Waals surface area contributed by atoms with Crippen LogP contribution in [0, 0.1) is 5.92 Å². The van der Waals surface area contributed by atoms with Gasteiger partial charge in [0.15, 0.2) is 9.84 Å². The van der Waals surface area contributed by atoms with Crippen molar-refractivity contribution >= 4 is 37.4 Å². The van der Waals surface area contributed by atoms with Crippen molar-refractivity contribution in [3.63, 3.8) is 0 Å². The lowest BCUT2D eigenvalue weighted by atomic mass is 10.2. The van der Waals surface area contributed by atoms with Crippen LogP contribution in [-0.4, -0.2) is 20.1 Å². The van der Waals surface area contributed by atoms with Crippen LogP contribution in [0.1, 0.15) is 12.5 Å². The summed E-state index contributed by atoms with van der Waals surface area (Å²) in [5.41, 5.74) is -1.16. The topological polar surface area (TPSA) is 34.1 Å². The first kappa shape index (κ1) is 16.8. The molecule has 0 aliphatic rings. The average molecular weight is 380 g/mol. The maximum absolute atomic E-state index is 12.9. The molecule has 0 amide bonds. The molecule has 1 unspecified atom stereocenters. The van der Waals surface area contributed by atoms with E-state index in [4.69, 9.17) is 11.6 Å². The Hall–Kier alpha value is -0.270. The smallest absolute Gasteiger partial charge is 0.224 e. The Balaban J connectivity index is 3.35. The zero-order valence-corrected chi connectivity index (χ0v) is 13.0. The Labute approximate surface area is 123 Å². The molecule has 0 radical (unpaired) electrons. The molecule has 2 nitrogen and oxygen atoms in total. The van der Waals surface area contributed by atoms with Crippen LogP contribution in [-0.2, 0) is 16.0 Å². The van der Waals surface area contributed by atoms with Crippen LogP contribution < -0.4 is 0 Å². The molecule has 0 spiro atoms. The van der Waals surface area contributed by atoms with Crippen LogP contribution in [0.15, 0.2) is 27.6 Å². The Kier molecular flexibility index (Phi) is 5.31. The fourth-order valence-corrected chi connectivity index (χ4v) is 3.94. The largest absolute Gasteiger partial charge is 0.417 e. The predicted molar refractivity (Wildman–Crippen MR) is 71.1 cm³/mol. The highest BCUT2D eigenvalue weighted by Crippen LogP contribution is 2.36. The molecule has 108 valence electrons. The van der Waals surface area contributed by atoms with Gasteiger partial charge in [-0.3, -0.25) is 0 Å². The van der Waals surface area contributed by atoms with E-state index in [1.54, 1.807) is 6.92 Å². The summed E-state index contributed by atoms with van der Waals surface area (Å²) < 4.78 is 62.8. The fourth-order valence-electron chi connectivity index (χ4n) is 1.50. The summed E-state index contributed by atoms with van der Waals surface area (Å²) in [5.74, 6) is -0.769. The van der Waals surface area contributed by atoms with Gasteiger partial charge in [-0.05, 0) is 24.1 Å². The van der Waals surface area contributed by atoms with Gasteiger partial charge >= 0.3 is 6.18 Å². The maximum atomic E-state index is 12.9. The normalized spacial score (nSPS) is 14.4. The zero-order valence-electron chi connectivity index (χ0n) is 9.84. The molecule has 0 saturated carbocycles. The van der Waals surface area contributed by atoms with Gasteiger partial charge in [-0.15, -0.1) is 11.6 Å². The van der Waals surface area contributed by atoms with E-state index in [-0.39, 0.29) is 10.4 Å². The van der Waals surface area contributed by atoms with Gasteiger partial charge in [0.25, 0.3) is 0 Å². The molecule has 8 heteroatoms. The second-order valence-corrected chi connectivity index (χ2v) is 7.41. The number of hydrogen-bond donors (Lipinski definition) is 0. The molecule has 0 aliphatic heterocycles. The van der Waals surface area contributed by atoms with E-state index in [1.165, 1.54) is 6.07 Å². The molecule has 1 atom stereocenters. The van der Waals surface area contributed by atoms with Gasteiger partial charge in [0, 0.05) is 10.4 Å². The Morgan fingerprint density at radius 3 is 2.42 bits per heavy atom.